The molecule has 1 aromatic heterocycles. The second kappa shape index (κ2) is 8.37. The molecule has 118 valence electrons. The summed E-state index contributed by atoms with van der Waals surface area (Å²) in [6, 6.07) is 0. The van der Waals surface area contributed by atoms with Gasteiger partial charge in [0.05, 0.1) is 15.9 Å². The summed E-state index contributed by atoms with van der Waals surface area (Å²) < 4.78 is 1.03. The van der Waals surface area contributed by atoms with Gasteiger partial charge in [0.2, 0.25) is 0 Å². The lowest BCUT2D eigenvalue weighted by Crippen LogP contribution is -2.10. The second-order valence-corrected chi connectivity index (χ2v) is 8.18. The van der Waals surface area contributed by atoms with Crippen molar-refractivity contribution in [2.24, 2.45) is 5.92 Å². The van der Waals surface area contributed by atoms with E-state index >= 15 is 0 Å². The number of nitrogens with one attached hydrogen (secondary N) is 1. The highest BCUT2D eigenvalue weighted by Gasteiger charge is 2.18. The first kappa shape index (κ1) is 17.1. The SMILES string of the molecule is CCNc1nc(CSC2CCCC2)nc(CC(C)C)c1Br. The van der Waals surface area contributed by atoms with Gasteiger partial charge < -0.3 is 5.32 Å². The fraction of sp³-hybridized carbons (Fsp3) is 0.750. The van der Waals surface area contributed by atoms with Crippen molar-refractivity contribution in [1.82, 2.24) is 9.97 Å². The molecule has 2 rings (SSSR count). The predicted molar refractivity (Wildman–Crippen MR) is 96.0 cm³/mol. The second-order valence-electron chi connectivity index (χ2n) is 6.09. The number of anilines is 1. The maximum absolute atomic E-state index is 4.80. The van der Waals surface area contributed by atoms with Crippen LogP contribution in [0.15, 0.2) is 4.47 Å². The molecule has 21 heavy (non-hydrogen) atoms. The summed E-state index contributed by atoms with van der Waals surface area (Å²) in [5.41, 5.74) is 1.14. The molecule has 0 amide bonds. The van der Waals surface area contributed by atoms with Crippen molar-refractivity contribution in [3.8, 4) is 0 Å². The van der Waals surface area contributed by atoms with Crippen molar-refractivity contribution in [2.45, 2.75) is 63.9 Å². The minimum Gasteiger partial charge on any atom is -0.369 e. The zero-order valence-corrected chi connectivity index (χ0v) is 15.7. The smallest absolute Gasteiger partial charge is 0.144 e. The Bertz CT molecular complexity index is 459. The first-order valence-corrected chi connectivity index (χ1v) is 9.85. The minimum atomic E-state index is 0.598. The average Bonchev–Trinajstić information content (AvgIpc) is 2.94. The lowest BCUT2D eigenvalue weighted by Gasteiger charge is -2.14. The highest BCUT2D eigenvalue weighted by atomic mass is 79.9. The molecule has 1 saturated carbocycles. The molecule has 5 heteroatoms. The van der Waals surface area contributed by atoms with Gasteiger partial charge in [-0.2, -0.15) is 11.8 Å². The molecule has 1 N–H and O–H groups in total. The molecule has 0 unspecified atom stereocenters. The molecule has 1 fully saturated rings. The monoisotopic (exact) mass is 371 g/mol. The fourth-order valence-electron chi connectivity index (χ4n) is 2.66. The minimum absolute atomic E-state index is 0.598. The highest BCUT2D eigenvalue weighted by molar-refractivity contribution is 9.10. The largest absolute Gasteiger partial charge is 0.369 e. The van der Waals surface area contributed by atoms with Crippen LogP contribution >= 0.6 is 27.7 Å². The molecule has 0 bridgehead atoms. The summed E-state index contributed by atoms with van der Waals surface area (Å²) in [6.07, 6.45) is 6.49. The highest BCUT2D eigenvalue weighted by Crippen LogP contribution is 2.32. The van der Waals surface area contributed by atoms with Crippen molar-refractivity contribution < 1.29 is 0 Å². The van der Waals surface area contributed by atoms with E-state index in [1.165, 1.54) is 25.7 Å². The molecule has 0 radical (unpaired) electrons. The average molecular weight is 372 g/mol. The third-order valence-electron chi connectivity index (χ3n) is 3.66. The van der Waals surface area contributed by atoms with Gasteiger partial charge in [-0.1, -0.05) is 26.7 Å². The predicted octanol–water partition coefficient (Wildman–Crippen LogP) is 5.05. The maximum Gasteiger partial charge on any atom is 0.144 e. The molecule has 1 aliphatic rings. The van der Waals surface area contributed by atoms with E-state index in [2.05, 4.69) is 42.0 Å². The quantitative estimate of drug-likeness (QED) is 0.727. The molecule has 0 atom stereocenters. The molecule has 0 saturated heterocycles. The van der Waals surface area contributed by atoms with Gasteiger partial charge in [0.1, 0.15) is 11.6 Å². The van der Waals surface area contributed by atoms with Crippen molar-refractivity contribution in [3.63, 3.8) is 0 Å². The van der Waals surface area contributed by atoms with Crippen LogP contribution in [0.25, 0.3) is 0 Å². The molecule has 0 spiro atoms. The van der Waals surface area contributed by atoms with Gasteiger partial charge in [-0.05, 0) is 48.0 Å². The van der Waals surface area contributed by atoms with E-state index in [0.29, 0.717) is 5.92 Å². The topological polar surface area (TPSA) is 37.8 Å². The number of nitrogens with zero attached hydrogens (tertiary/aromatic N) is 2. The van der Waals surface area contributed by atoms with Gasteiger partial charge in [-0.25, -0.2) is 9.97 Å². The first-order chi connectivity index (χ1) is 10.1. The number of thioether (sulfide) groups is 1. The van der Waals surface area contributed by atoms with Crippen LogP contribution < -0.4 is 5.32 Å². The lowest BCUT2D eigenvalue weighted by atomic mass is 10.1. The number of rotatable bonds is 7. The van der Waals surface area contributed by atoms with Crippen molar-refractivity contribution in [2.75, 3.05) is 11.9 Å². The molecule has 1 heterocycles. The Morgan fingerprint density at radius 3 is 2.62 bits per heavy atom. The van der Waals surface area contributed by atoms with Crippen molar-refractivity contribution in [1.29, 1.82) is 0 Å². The fourth-order valence-corrected chi connectivity index (χ4v) is 4.32. The Balaban J connectivity index is 2.12. The summed E-state index contributed by atoms with van der Waals surface area (Å²) in [5, 5.41) is 4.16. The Morgan fingerprint density at radius 1 is 1.29 bits per heavy atom. The summed E-state index contributed by atoms with van der Waals surface area (Å²) in [5.74, 6) is 3.45. The number of aromatic nitrogens is 2. The molecule has 3 nitrogen and oxygen atoms in total. The van der Waals surface area contributed by atoms with Gasteiger partial charge in [-0.15, -0.1) is 0 Å². The summed E-state index contributed by atoms with van der Waals surface area (Å²) in [7, 11) is 0. The van der Waals surface area contributed by atoms with Gasteiger partial charge in [0.15, 0.2) is 0 Å². The normalized spacial score (nSPS) is 15.9. The van der Waals surface area contributed by atoms with Crippen LogP contribution in [0.4, 0.5) is 5.82 Å². The van der Waals surface area contributed by atoms with E-state index in [9.17, 15) is 0 Å². The summed E-state index contributed by atoms with van der Waals surface area (Å²) >= 11 is 5.70. The van der Waals surface area contributed by atoms with Crippen LogP contribution in [0.2, 0.25) is 0 Å². The zero-order chi connectivity index (χ0) is 15.2. The molecule has 1 aliphatic carbocycles. The number of hydrogen-bond acceptors (Lipinski definition) is 4. The van der Waals surface area contributed by atoms with Crippen LogP contribution in [0, 0.1) is 5.92 Å². The molecule has 0 aliphatic heterocycles. The van der Waals surface area contributed by atoms with E-state index in [4.69, 9.17) is 9.97 Å². The molecule has 1 aromatic rings. The molecular weight excluding hydrogens is 346 g/mol. The van der Waals surface area contributed by atoms with Crippen LogP contribution in [-0.2, 0) is 12.2 Å². The lowest BCUT2D eigenvalue weighted by molar-refractivity contribution is 0.629. The third-order valence-corrected chi connectivity index (χ3v) is 5.86. The zero-order valence-electron chi connectivity index (χ0n) is 13.3. The third kappa shape index (κ3) is 5.13. The van der Waals surface area contributed by atoms with Crippen molar-refractivity contribution >= 4 is 33.5 Å². The van der Waals surface area contributed by atoms with E-state index in [0.717, 1.165) is 45.8 Å². The molecule has 0 aromatic carbocycles. The van der Waals surface area contributed by atoms with E-state index in [1.807, 2.05) is 11.8 Å². The maximum atomic E-state index is 4.80. The van der Waals surface area contributed by atoms with Crippen LogP contribution in [0.5, 0.6) is 0 Å². The van der Waals surface area contributed by atoms with Crippen molar-refractivity contribution in [3.05, 3.63) is 16.0 Å². The molecular formula is C16H26BrN3S. The Morgan fingerprint density at radius 2 is 2.00 bits per heavy atom. The van der Waals surface area contributed by atoms with Crippen LogP contribution in [-0.4, -0.2) is 21.8 Å². The number of hydrogen-bond donors (Lipinski definition) is 1. The Hall–Kier alpha value is -0.290. The van der Waals surface area contributed by atoms with Gasteiger partial charge in [0, 0.05) is 11.8 Å². The Kier molecular flexibility index (Phi) is 6.80. The van der Waals surface area contributed by atoms with Gasteiger partial charge >= 0.3 is 0 Å². The van der Waals surface area contributed by atoms with Gasteiger partial charge in [0.25, 0.3) is 0 Å². The van der Waals surface area contributed by atoms with Gasteiger partial charge in [-0.3, -0.25) is 0 Å². The van der Waals surface area contributed by atoms with Crippen LogP contribution in [0.3, 0.4) is 0 Å². The van der Waals surface area contributed by atoms with E-state index in [-0.39, 0.29) is 0 Å². The van der Waals surface area contributed by atoms with E-state index in [1.54, 1.807) is 0 Å². The summed E-state index contributed by atoms with van der Waals surface area (Å²) in [4.78, 5) is 9.50. The van der Waals surface area contributed by atoms with E-state index < -0.39 is 0 Å². The Labute approximate surface area is 141 Å². The standard InChI is InChI=1S/C16H26BrN3S/c1-4-18-16-15(17)13(9-11(2)3)19-14(20-16)10-21-12-7-5-6-8-12/h11-12H,4-10H2,1-3H3,(H,18,19,20). The first-order valence-electron chi connectivity index (χ1n) is 8.00. The van der Waals surface area contributed by atoms with Crippen LogP contribution in [0.1, 0.15) is 58.0 Å². The number of halogens is 1. The summed E-state index contributed by atoms with van der Waals surface area (Å²) in [6.45, 7) is 7.44.